The minimum Gasteiger partial charge on any atom is -0.393 e. The van der Waals surface area contributed by atoms with Crippen molar-refractivity contribution in [3.8, 4) is 0 Å². The molecule has 4 saturated carbocycles. The highest BCUT2D eigenvalue weighted by Crippen LogP contribution is 2.70. The number of aliphatic hydroxyl groups is 3. The van der Waals surface area contributed by atoms with Gasteiger partial charge >= 0.3 is 0 Å². The number of fused-ring (bicyclic) bond motifs is 7. The molecule has 31 heavy (non-hydrogen) atoms. The van der Waals surface area contributed by atoms with Gasteiger partial charge in [-0.25, -0.2) is 0 Å². The predicted octanol–water partition coefficient (Wildman–Crippen LogP) is 4.54. The number of ether oxygens (including phenoxy) is 1. The van der Waals surface area contributed by atoms with Crippen molar-refractivity contribution in [1.29, 1.82) is 0 Å². The van der Waals surface area contributed by atoms with Crippen LogP contribution in [-0.2, 0) is 4.74 Å². The average molecular weight is 435 g/mol. The molecule has 0 aromatic carbocycles. The molecule has 0 amide bonds. The third-order valence-electron chi connectivity index (χ3n) is 11.5. The second-order valence-corrected chi connectivity index (χ2v) is 13.2. The molecule has 5 aliphatic rings. The molecular weight excluding hydrogens is 388 g/mol. The van der Waals surface area contributed by atoms with Gasteiger partial charge in [-0.3, -0.25) is 0 Å². The van der Waals surface area contributed by atoms with E-state index in [0.29, 0.717) is 35.2 Å². The van der Waals surface area contributed by atoms with Crippen molar-refractivity contribution in [1.82, 2.24) is 0 Å². The summed E-state index contributed by atoms with van der Waals surface area (Å²) in [6, 6.07) is 0. The first-order chi connectivity index (χ1) is 14.6. The summed E-state index contributed by atoms with van der Waals surface area (Å²) in [6.45, 7) is 9.10. The van der Waals surface area contributed by atoms with Crippen LogP contribution in [0.5, 0.6) is 0 Å². The first-order valence-electron chi connectivity index (χ1n) is 13.3. The normalized spacial score (nSPS) is 55.6. The molecule has 4 aliphatic carbocycles. The number of hydrogen-bond donors (Lipinski definition) is 3. The number of hydrogen-bond acceptors (Lipinski definition) is 4. The zero-order valence-electron chi connectivity index (χ0n) is 20.2. The standard InChI is InChI=1S/C27H46O4/c1-16-22(9-10-25(2,30)15-28)31-23-14-21-19-6-5-17-13-18(29)7-11-26(17,3)20(19)8-12-27(21,4)24(16)23/h16-24,28-30H,5-15H2,1-4H3. The van der Waals surface area contributed by atoms with Crippen LogP contribution in [-0.4, -0.2) is 45.8 Å². The van der Waals surface area contributed by atoms with E-state index in [0.717, 1.165) is 42.9 Å². The maximum Gasteiger partial charge on any atom is 0.0850 e. The summed E-state index contributed by atoms with van der Waals surface area (Å²) in [5, 5.41) is 29.9. The zero-order valence-corrected chi connectivity index (χ0v) is 20.2. The van der Waals surface area contributed by atoms with Gasteiger partial charge in [0.15, 0.2) is 0 Å². The number of rotatable bonds is 4. The first-order valence-corrected chi connectivity index (χ1v) is 13.3. The summed E-state index contributed by atoms with van der Waals surface area (Å²) in [6.07, 6.45) is 11.8. The van der Waals surface area contributed by atoms with E-state index in [9.17, 15) is 15.3 Å². The van der Waals surface area contributed by atoms with E-state index < -0.39 is 5.60 Å². The van der Waals surface area contributed by atoms with E-state index in [4.69, 9.17) is 4.74 Å². The van der Waals surface area contributed by atoms with Crippen molar-refractivity contribution in [2.75, 3.05) is 6.61 Å². The van der Waals surface area contributed by atoms with Crippen LogP contribution in [0.15, 0.2) is 0 Å². The molecule has 4 heteroatoms. The maximum absolute atomic E-state index is 10.3. The van der Waals surface area contributed by atoms with Crippen LogP contribution in [0.3, 0.4) is 0 Å². The van der Waals surface area contributed by atoms with Crippen LogP contribution in [0.2, 0.25) is 0 Å². The van der Waals surface area contributed by atoms with E-state index >= 15 is 0 Å². The number of aliphatic hydroxyl groups excluding tert-OH is 2. The molecule has 0 bridgehead atoms. The molecule has 1 aliphatic heterocycles. The molecule has 1 saturated heterocycles. The Morgan fingerprint density at radius 1 is 1.00 bits per heavy atom. The molecular formula is C27H46O4. The van der Waals surface area contributed by atoms with Gasteiger partial charge in [0.05, 0.1) is 30.5 Å². The van der Waals surface area contributed by atoms with Gasteiger partial charge in [-0.1, -0.05) is 20.8 Å². The lowest BCUT2D eigenvalue weighted by molar-refractivity contribution is -0.130. The van der Waals surface area contributed by atoms with E-state index in [-0.39, 0.29) is 18.8 Å². The lowest BCUT2D eigenvalue weighted by Gasteiger charge is -2.61. The fourth-order valence-electron chi connectivity index (χ4n) is 9.78. The minimum atomic E-state index is -0.993. The van der Waals surface area contributed by atoms with Crippen LogP contribution in [0.4, 0.5) is 0 Å². The summed E-state index contributed by atoms with van der Waals surface area (Å²) in [5.41, 5.74) is -0.171. The second kappa shape index (κ2) is 7.68. The smallest absolute Gasteiger partial charge is 0.0850 e. The van der Waals surface area contributed by atoms with Gasteiger partial charge in [0, 0.05) is 0 Å². The molecule has 5 fully saturated rings. The lowest BCUT2D eigenvalue weighted by atomic mass is 9.44. The molecule has 0 aromatic rings. The topological polar surface area (TPSA) is 69.9 Å². The van der Waals surface area contributed by atoms with E-state index in [2.05, 4.69) is 20.8 Å². The Morgan fingerprint density at radius 2 is 1.74 bits per heavy atom. The van der Waals surface area contributed by atoms with Crippen molar-refractivity contribution in [2.24, 2.45) is 46.3 Å². The van der Waals surface area contributed by atoms with Crippen molar-refractivity contribution >= 4 is 0 Å². The van der Waals surface area contributed by atoms with Gasteiger partial charge in [-0.05, 0) is 117 Å². The largest absolute Gasteiger partial charge is 0.393 e. The van der Waals surface area contributed by atoms with Gasteiger partial charge in [0.1, 0.15) is 0 Å². The van der Waals surface area contributed by atoms with Gasteiger partial charge in [-0.2, -0.15) is 0 Å². The Hall–Kier alpha value is -0.160. The second-order valence-electron chi connectivity index (χ2n) is 13.2. The van der Waals surface area contributed by atoms with E-state index in [1.807, 2.05) is 0 Å². The molecule has 178 valence electrons. The van der Waals surface area contributed by atoms with E-state index in [1.54, 1.807) is 6.92 Å². The SMILES string of the molecule is CC1C(CCC(C)(O)CO)OC2CC3C4CCC5CC(O)CCC5(C)C4CCC3(C)C21. The summed E-state index contributed by atoms with van der Waals surface area (Å²) in [5.74, 6) is 4.35. The van der Waals surface area contributed by atoms with Gasteiger partial charge in [-0.15, -0.1) is 0 Å². The molecule has 0 spiro atoms. The van der Waals surface area contributed by atoms with Crippen molar-refractivity contribution in [3.63, 3.8) is 0 Å². The van der Waals surface area contributed by atoms with Crippen molar-refractivity contribution in [3.05, 3.63) is 0 Å². The molecule has 4 nitrogen and oxygen atoms in total. The van der Waals surface area contributed by atoms with Crippen LogP contribution < -0.4 is 0 Å². The minimum absolute atomic E-state index is 0.0629. The highest BCUT2D eigenvalue weighted by atomic mass is 16.5. The third kappa shape index (κ3) is 3.45. The average Bonchev–Trinajstić information content (AvgIpc) is 3.20. The first kappa shape index (κ1) is 22.6. The predicted molar refractivity (Wildman–Crippen MR) is 121 cm³/mol. The quantitative estimate of drug-likeness (QED) is 0.607. The molecule has 12 unspecified atom stereocenters. The van der Waals surface area contributed by atoms with Gasteiger partial charge in [0.2, 0.25) is 0 Å². The van der Waals surface area contributed by atoms with Crippen LogP contribution >= 0.6 is 0 Å². The van der Waals surface area contributed by atoms with Crippen LogP contribution in [0.25, 0.3) is 0 Å². The lowest BCUT2D eigenvalue weighted by Crippen LogP contribution is -2.54. The summed E-state index contributed by atoms with van der Waals surface area (Å²) >= 11 is 0. The van der Waals surface area contributed by atoms with Crippen LogP contribution in [0.1, 0.15) is 91.9 Å². The molecule has 1 heterocycles. The van der Waals surface area contributed by atoms with Gasteiger partial charge < -0.3 is 20.1 Å². The molecule has 0 aromatic heterocycles. The Bertz CT molecular complexity index is 678. The van der Waals surface area contributed by atoms with Crippen molar-refractivity contribution in [2.45, 2.75) is 116 Å². The third-order valence-corrected chi connectivity index (χ3v) is 11.5. The van der Waals surface area contributed by atoms with Crippen molar-refractivity contribution < 1.29 is 20.1 Å². The fourth-order valence-corrected chi connectivity index (χ4v) is 9.78. The molecule has 3 N–H and O–H groups in total. The Kier molecular flexibility index (Phi) is 5.61. The fraction of sp³-hybridized carbons (Fsp3) is 1.00. The Morgan fingerprint density at radius 3 is 2.48 bits per heavy atom. The van der Waals surface area contributed by atoms with Gasteiger partial charge in [0.25, 0.3) is 0 Å². The maximum atomic E-state index is 10.3. The molecule has 5 rings (SSSR count). The molecule has 12 atom stereocenters. The summed E-state index contributed by atoms with van der Waals surface area (Å²) in [4.78, 5) is 0. The molecule has 0 radical (unpaired) electrons. The zero-order chi connectivity index (χ0) is 22.2. The van der Waals surface area contributed by atoms with Crippen LogP contribution in [0, 0.1) is 46.3 Å². The Labute approximate surface area is 189 Å². The summed E-state index contributed by atoms with van der Waals surface area (Å²) in [7, 11) is 0. The highest BCUT2D eigenvalue weighted by molar-refractivity contribution is 5.14. The monoisotopic (exact) mass is 434 g/mol. The summed E-state index contributed by atoms with van der Waals surface area (Å²) < 4.78 is 6.69. The highest BCUT2D eigenvalue weighted by Gasteiger charge is 2.65. The Balaban J connectivity index is 1.31. The van der Waals surface area contributed by atoms with E-state index in [1.165, 1.54) is 38.5 Å².